The summed E-state index contributed by atoms with van der Waals surface area (Å²) >= 11 is 0. The van der Waals surface area contributed by atoms with Crippen molar-refractivity contribution >= 4 is 5.91 Å². The molecule has 170 valence electrons. The van der Waals surface area contributed by atoms with Gasteiger partial charge in [-0.05, 0) is 13.0 Å². The molecule has 0 saturated carbocycles. The number of rotatable bonds is 3. The van der Waals surface area contributed by atoms with Crippen molar-refractivity contribution in [3.63, 3.8) is 0 Å². The van der Waals surface area contributed by atoms with Crippen LogP contribution in [0.25, 0.3) is 0 Å². The zero-order valence-corrected chi connectivity index (χ0v) is 17.4. The second-order valence-corrected chi connectivity index (χ2v) is 9.22. The smallest absolute Gasteiger partial charge is 0.229 e. The van der Waals surface area contributed by atoms with E-state index in [1.807, 2.05) is 0 Å². The molecule has 10 nitrogen and oxygen atoms in total. The van der Waals surface area contributed by atoms with Crippen LogP contribution in [0.5, 0.6) is 0 Å². The zero-order chi connectivity index (χ0) is 20.7. The van der Waals surface area contributed by atoms with Crippen molar-refractivity contribution in [2.24, 2.45) is 11.7 Å². The van der Waals surface area contributed by atoms with Crippen molar-refractivity contribution in [1.82, 2.24) is 36.2 Å². The molecule has 11 heteroatoms. The van der Waals surface area contributed by atoms with Gasteiger partial charge in [-0.2, -0.15) is 0 Å². The molecule has 0 aliphatic carbocycles. The summed E-state index contributed by atoms with van der Waals surface area (Å²) in [6.45, 7) is 7.90. The highest BCUT2D eigenvalue weighted by Gasteiger charge is 2.48. The van der Waals surface area contributed by atoms with Crippen LogP contribution in [0.15, 0.2) is 0 Å². The fourth-order valence-electron chi connectivity index (χ4n) is 5.76. The van der Waals surface area contributed by atoms with Gasteiger partial charge in [0.2, 0.25) is 5.91 Å². The molecule has 5 rings (SSSR count). The van der Waals surface area contributed by atoms with E-state index in [2.05, 4.69) is 31.2 Å². The van der Waals surface area contributed by atoms with Crippen molar-refractivity contribution in [2.75, 3.05) is 65.6 Å². The van der Waals surface area contributed by atoms with Gasteiger partial charge in [-0.3, -0.25) is 19.9 Å². The summed E-state index contributed by atoms with van der Waals surface area (Å²) in [5.74, 6) is -0.519. The van der Waals surface area contributed by atoms with Gasteiger partial charge in [-0.1, -0.05) is 0 Å². The summed E-state index contributed by atoms with van der Waals surface area (Å²) in [6, 6.07) is 0.774. The van der Waals surface area contributed by atoms with Gasteiger partial charge in [0.1, 0.15) is 6.17 Å². The Kier molecular flexibility index (Phi) is 6.22. The first kappa shape index (κ1) is 21.0. The number of hydrogen-bond acceptors (Lipinski definition) is 9. The number of morpholine rings is 1. The van der Waals surface area contributed by atoms with Crippen LogP contribution in [0, 0.1) is 5.92 Å². The van der Waals surface area contributed by atoms with Crippen LogP contribution < -0.4 is 27.1 Å². The number of nitrogens with two attached hydrogens (primary N) is 1. The Labute approximate surface area is 177 Å². The average Bonchev–Trinajstić information content (AvgIpc) is 3.08. The van der Waals surface area contributed by atoms with Crippen molar-refractivity contribution in [3.05, 3.63) is 0 Å². The van der Waals surface area contributed by atoms with Gasteiger partial charge in [0.15, 0.2) is 0 Å². The molecule has 6 N–H and O–H groups in total. The number of nitrogens with one attached hydrogen (secondary N) is 4. The van der Waals surface area contributed by atoms with Crippen molar-refractivity contribution in [3.8, 4) is 0 Å². The summed E-state index contributed by atoms with van der Waals surface area (Å²) in [5.41, 5.74) is 9.28. The number of nitrogens with zero attached hydrogens (tertiary/aromatic N) is 3. The zero-order valence-electron chi connectivity index (χ0n) is 17.4. The fourth-order valence-corrected chi connectivity index (χ4v) is 5.76. The Bertz CT molecular complexity index is 629. The SMILES string of the molecule is NC1NN2CC(F)CNC2C1C(=O)NC1CNCCC1N1CCN2CCOC[C@H]2C1. The minimum absolute atomic E-state index is 0.0288. The second-order valence-electron chi connectivity index (χ2n) is 9.22. The Morgan fingerprint density at radius 2 is 2.03 bits per heavy atom. The Balaban J connectivity index is 1.23. The molecule has 7 atom stereocenters. The maximum absolute atomic E-state index is 13.7. The quantitative estimate of drug-likeness (QED) is 0.319. The summed E-state index contributed by atoms with van der Waals surface area (Å²) in [5, 5.41) is 11.6. The molecule has 6 unspecified atom stereocenters. The highest BCUT2D eigenvalue weighted by Crippen LogP contribution is 2.24. The summed E-state index contributed by atoms with van der Waals surface area (Å²) in [7, 11) is 0. The van der Waals surface area contributed by atoms with E-state index in [1.54, 1.807) is 5.01 Å². The first-order chi connectivity index (χ1) is 14.6. The van der Waals surface area contributed by atoms with E-state index in [9.17, 15) is 9.18 Å². The van der Waals surface area contributed by atoms with E-state index >= 15 is 0 Å². The second kappa shape index (κ2) is 8.91. The van der Waals surface area contributed by atoms with Crippen LogP contribution in [0.1, 0.15) is 6.42 Å². The lowest BCUT2D eigenvalue weighted by Crippen LogP contribution is -2.67. The minimum atomic E-state index is -0.961. The normalized spacial score (nSPS) is 43.7. The number of carbonyl (C=O) groups excluding carboxylic acids is 1. The molecule has 30 heavy (non-hydrogen) atoms. The van der Waals surface area contributed by atoms with Crippen molar-refractivity contribution in [1.29, 1.82) is 0 Å². The molecular formula is C19H35FN8O2. The number of ether oxygens (including phenoxy) is 1. The van der Waals surface area contributed by atoms with E-state index in [0.717, 1.165) is 58.9 Å². The third-order valence-corrected chi connectivity index (χ3v) is 7.34. The third kappa shape index (κ3) is 4.09. The molecule has 0 radical (unpaired) electrons. The van der Waals surface area contributed by atoms with Crippen LogP contribution in [0.4, 0.5) is 4.39 Å². The number of hydrazine groups is 1. The van der Waals surface area contributed by atoms with E-state index in [1.165, 1.54) is 0 Å². The first-order valence-corrected chi connectivity index (χ1v) is 11.3. The van der Waals surface area contributed by atoms with Crippen molar-refractivity contribution < 1.29 is 13.9 Å². The van der Waals surface area contributed by atoms with Gasteiger partial charge in [-0.25, -0.2) is 14.8 Å². The number of fused-ring (bicyclic) bond motifs is 2. The molecule has 1 amide bonds. The maximum Gasteiger partial charge on any atom is 0.229 e. The predicted molar refractivity (Wildman–Crippen MR) is 109 cm³/mol. The molecule has 0 aromatic heterocycles. The number of alkyl halides is 1. The predicted octanol–water partition coefficient (Wildman–Crippen LogP) is -3.16. The molecule has 5 fully saturated rings. The molecule has 5 aliphatic heterocycles. The third-order valence-electron chi connectivity index (χ3n) is 7.34. The number of piperazine rings is 1. The first-order valence-electron chi connectivity index (χ1n) is 11.3. The van der Waals surface area contributed by atoms with E-state index in [-0.39, 0.29) is 31.2 Å². The highest BCUT2D eigenvalue weighted by atomic mass is 19.1. The number of piperidine rings is 1. The molecule has 0 bridgehead atoms. The molecule has 0 spiro atoms. The molecule has 5 heterocycles. The number of hydrogen-bond donors (Lipinski definition) is 5. The van der Waals surface area contributed by atoms with Gasteiger partial charge in [-0.15, -0.1) is 0 Å². The van der Waals surface area contributed by atoms with Gasteiger partial charge >= 0.3 is 0 Å². The maximum atomic E-state index is 13.7. The number of carbonyl (C=O) groups is 1. The molecular weight excluding hydrogens is 391 g/mol. The molecule has 5 saturated heterocycles. The van der Waals surface area contributed by atoms with E-state index in [4.69, 9.17) is 10.5 Å². The average molecular weight is 427 g/mol. The monoisotopic (exact) mass is 426 g/mol. The van der Waals surface area contributed by atoms with Crippen LogP contribution in [-0.4, -0.2) is 123 Å². The highest BCUT2D eigenvalue weighted by molar-refractivity contribution is 5.81. The van der Waals surface area contributed by atoms with E-state index < -0.39 is 18.3 Å². The Hall–Kier alpha value is -0.920. The van der Waals surface area contributed by atoms with Crippen molar-refractivity contribution in [2.45, 2.75) is 43.0 Å². The molecule has 5 aliphatic rings. The summed E-state index contributed by atoms with van der Waals surface area (Å²) in [6.07, 6.45) is -0.752. The molecule has 0 aromatic carbocycles. The number of halogens is 1. The van der Waals surface area contributed by atoms with Crippen LogP contribution in [-0.2, 0) is 9.53 Å². The van der Waals surface area contributed by atoms with Crippen LogP contribution >= 0.6 is 0 Å². The summed E-state index contributed by atoms with van der Waals surface area (Å²) < 4.78 is 19.4. The lowest BCUT2D eigenvalue weighted by atomic mass is 9.95. The van der Waals surface area contributed by atoms with Gasteiger partial charge < -0.3 is 21.1 Å². The van der Waals surface area contributed by atoms with Gasteiger partial charge in [0, 0.05) is 57.9 Å². The topological polar surface area (TPSA) is 110 Å². The van der Waals surface area contributed by atoms with Gasteiger partial charge in [0.25, 0.3) is 0 Å². The standard InChI is InChI=1S/C19H35FN8O2/c20-12-7-23-18-16(17(21)25-28(18)9-12)19(29)24-14-8-22-2-1-15(14)27-4-3-26-5-6-30-11-13(26)10-27/h12-18,22-23,25H,1-11,21H2,(H,24,29)/t12?,13-,14?,15?,16?,17?,18?/m1/s1. The Morgan fingerprint density at radius 3 is 2.93 bits per heavy atom. The summed E-state index contributed by atoms with van der Waals surface area (Å²) in [4.78, 5) is 18.3. The molecule has 0 aromatic rings. The lowest BCUT2D eigenvalue weighted by Gasteiger charge is -2.49. The van der Waals surface area contributed by atoms with Crippen LogP contribution in [0.3, 0.4) is 0 Å². The minimum Gasteiger partial charge on any atom is -0.378 e. The van der Waals surface area contributed by atoms with Crippen LogP contribution in [0.2, 0.25) is 0 Å². The Morgan fingerprint density at radius 1 is 1.17 bits per heavy atom. The number of amides is 1. The largest absolute Gasteiger partial charge is 0.378 e. The van der Waals surface area contributed by atoms with Gasteiger partial charge in [0.05, 0.1) is 37.5 Å². The fraction of sp³-hybridized carbons (Fsp3) is 0.947. The van der Waals surface area contributed by atoms with E-state index in [0.29, 0.717) is 12.1 Å². The lowest BCUT2D eigenvalue weighted by molar-refractivity contribution is -0.128.